The maximum atomic E-state index is 13.3. The topological polar surface area (TPSA) is 75.5 Å². The number of rotatable bonds is 5. The smallest absolute Gasteiger partial charge is 0.244 e. The number of benzene rings is 1. The number of thioether (sulfide) groups is 1. The number of carbonyl (C=O) groups excluding carboxylic acids is 1. The maximum Gasteiger partial charge on any atom is 0.244 e. The summed E-state index contributed by atoms with van der Waals surface area (Å²) in [7, 11) is -1.97. The molecule has 2 aliphatic rings. The second kappa shape index (κ2) is 6.79. The van der Waals surface area contributed by atoms with Crippen molar-refractivity contribution in [2.24, 2.45) is 0 Å². The number of hydrogen-bond acceptors (Lipinski definition) is 5. The lowest BCUT2D eigenvalue weighted by Gasteiger charge is -2.26. The Kier molecular flexibility index (Phi) is 4.72. The van der Waals surface area contributed by atoms with Crippen LogP contribution in [-0.2, 0) is 14.8 Å². The van der Waals surface area contributed by atoms with Gasteiger partial charge in [-0.15, -0.1) is 11.8 Å². The van der Waals surface area contributed by atoms with Crippen molar-refractivity contribution in [2.75, 3.05) is 18.7 Å². The van der Waals surface area contributed by atoms with Gasteiger partial charge in [0.15, 0.2) is 0 Å². The van der Waals surface area contributed by atoms with E-state index < -0.39 is 16.1 Å². The molecule has 0 spiro atoms. The van der Waals surface area contributed by atoms with Crippen molar-refractivity contribution in [2.45, 2.75) is 49.7 Å². The molecule has 1 saturated carbocycles. The summed E-state index contributed by atoms with van der Waals surface area (Å²) in [5.41, 5.74) is 0.904. The first-order valence-corrected chi connectivity index (χ1v) is 11.7. The molecule has 1 aliphatic heterocycles. The van der Waals surface area contributed by atoms with E-state index in [1.807, 2.05) is 18.5 Å². The summed E-state index contributed by atoms with van der Waals surface area (Å²) in [5.74, 6) is 0.711. The molecule has 1 saturated heterocycles. The monoisotopic (exact) mass is 408 g/mol. The van der Waals surface area contributed by atoms with Crippen LogP contribution in [-0.4, -0.2) is 64.1 Å². The maximum absolute atomic E-state index is 13.3. The van der Waals surface area contributed by atoms with E-state index in [-0.39, 0.29) is 22.9 Å². The number of sulfonamides is 1. The summed E-state index contributed by atoms with van der Waals surface area (Å²) < 4.78 is 29.7. The molecule has 1 aromatic heterocycles. The molecule has 1 aromatic carbocycles. The minimum absolute atomic E-state index is 0.0974. The fourth-order valence-corrected chi connectivity index (χ4v) is 6.64. The molecule has 2 heterocycles. The molecule has 0 radical (unpaired) electrons. The Hall–Kier alpha value is -1.58. The van der Waals surface area contributed by atoms with Crippen molar-refractivity contribution in [3.63, 3.8) is 0 Å². The van der Waals surface area contributed by atoms with Gasteiger partial charge in [-0.2, -0.15) is 9.40 Å². The van der Waals surface area contributed by atoms with Gasteiger partial charge in [0.25, 0.3) is 0 Å². The summed E-state index contributed by atoms with van der Waals surface area (Å²) >= 11 is 1.48. The molecule has 0 N–H and O–H groups in total. The van der Waals surface area contributed by atoms with Gasteiger partial charge in [-0.1, -0.05) is 0 Å². The highest BCUT2D eigenvalue weighted by Gasteiger charge is 2.43. The molecule has 9 heteroatoms. The van der Waals surface area contributed by atoms with E-state index >= 15 is 0 Å². The Morgan fingerprint density at radius 1 is 1.33 bits per heavy atom. The third kappa shape index (κ3) is 3.25. The number of hydrogen-bond donors (Lipinski definition) is 0. The van der Waals surface area contributed by atoms with Crippen LogP contribution in [0, 0.1) is 0 Å². The van der Waals surface area contributed by atoms with Gasteiger partial charge in [-0.25, -0.2) is 8.42 Å². The number of nitrogens with zero attached hydrogens (tertiary/aromatic N) is 4. The Bertz CT molecular complexity index is 982. The summed E-state index contributed by atoms with van der Waals surface area (Å²) in [6.45, 7) is 4.07. The average Bonchev–Trinajstić information content (AvgIpc) is 3.20. The standard InChI is InChI=1S/C18H24N4O3S2/c1-12(2)22-16-7-6-15(8-13(16)9-19-22)27(24,25)21-11-26-10-17(21)18(23)20(3)14-4-5-14/h6-9,12,14,17H,4-5,10-11H2,1-3H3. The number of amides is 1. The molecule has 4 rings (SSSR count). The molecule has 1 atom stereocenters. The molecular formula is C18H24N4O3S2. The average molecular weight is 409 g/mol. The first-order valence-electron chi connectivity index (χ1n) is 9.14. The lowest BCUT2D eigenvalue weighted by Crippen LogP contribution is -2.48. The summed E-state index contributed by atoms with van der Waals surface area (Å²) in [6.07, 6.45) is 3.70. The van der Waals surface area contributed by atoms with E-state index in [1.54, 1.807) is 36.3 Å². The first-order chi connectivity index (χ1) is 12.8. The largest absolute Gasteiger partial charge is 0.341 e. The molecule has 1 amide bonds. The highest BCUT2D eigenvalue weighted by Crippen LogP contribution is 2.33. The van der Waals surface area contributed by atoms with E-state index in [0.29, 0.717) is 11.6 Å². The molecular weight excluding hydrogens is 384 g/mol. The fourth-order valence-electron chi connectivity index (χ4n) is 3.47. The Morgan fingerprint density at radius 3 is 2.74 bits per heavy atom. The fraction of sp³-hybridized carbons (Fsp3) is 0.556. The van der Waals surface area contributed by atoms with E-state index in [0.717, 1.165) is 23.7 Å². The zero-order valence-corrected chi connectivity index (χ0v) is 17.3. The molecule has 1 unspecified atom stereocenters. The Morgan fingerprint density at radius 2 is 2.07 bits per heavy atom. The van der Waals surface area contributed by atoms with Crippen LogP contribution in [0.5, 0.6) is 0 Å². The number of likely N-dealkylation sites (N-methyl/N-ethyl adjacent to an activating group) is 1. The van der Waals surface area contributed by atoms with Gasteiger partial charge in [0.05, 0.1) is 22.5 Å². The van der Waals surface area contributed by atoms with Gasteiger partial charge in [-0.3, -0.25) is 9.48 Å². The normalized spacial score (nSPS) is 21.3. The van der Waals surface area contributed by atoms with E-state index in [4.69, 9.17) is 0 Å². The summed E-state index contributed by atoms with van der Waals surface area (Å²) in [6, 6.07) is 4.91. The highest BCUT2D eigenvalue weighted by atomic mass is 32.2. The zero-order valence-electron chi connectivity index (χ0n) is 15.7. The van der Waals surface area contributed by atoms with E-state index in [2.05, 4.69) is 5.10 Å². The predicted octanol–water partition coefficient (Wildman–Crippen LogP) is 2.30. The van der Waals surface area contributed by atoms with E-state index in [9.17, 15) is 13.2 Å². The molecule has 7 nitrogen and oxygen atoms in total. The van der Waals surface area contributed by atoms with Crippen LogP contribution < -0.4 is 0 Å². The predicted molar refractivity (Wildman–Crippen MR) is 106 cm³/mol. The quantitative estimate of drug-likeness (QED) is 0.759. The third-order valence-corrected chi connectivity index (χ3v) is 8.26. The molecule has 0 bridgehead atoms. The van der Waals surface area contributed by atoms with Gasteiger partial charge in [0.2, 0.25) is 15.9 Å². The minimum Gasteiger partial charge on any atom is -0.341 e. The van der Waals surface area contributed by atoms with Crippen molar-refractivity contribution in [3.8, 4) is 0 Å². The first kappa shape index (κ1) is 18.8. The van der Waals surface area contributed by atoms with Crippen LogP contribution >= 0.6 is 11.8 Å². The van der Waals surface area contributed by atoms with Crippen LogP contribution in [0.4, 0.5) is 0 Å². The molecule has 27 heavy (non-hydrogen) atoms. The van der Waals surface area contributed by atoms with Crippen molar-refractivity contribution >= 4 is 38.6 Å². The SMILES string of the molecule is CC(C)n1ncc2cc(S(=O)(=O)N3CSCC3C(=O)N(C)C3CC3)ccc21. The third-order valence-electron chi connectivity index (χ3n) is 5.23. The molecule has 1 aliphatic carbocycles. The van der Waals surface area contributed by atoms with Crippen molar-refractivity contribution in [1.29, 1.82) is 0 Å². The van der Waals surface area contributed by atoms with Crippen LogP contribution in [0.1, 0.15) is 32.7 Å². The van der Waals surface area contributed by atoms with Crippen LogP contribution in [0.2, 0.25) is 0 Å². The Balaban J connectivity index is 1.65. The van der Waals surface area contributed by atoms with Gasteiger partial charge in [-0.05, 0) is 44.9 Å². The lowest BCUT2D eigenvalue weighted by molar-refractivity contribution is -0.133. The van der Waals surface area contributed by atoms with Crippen LogP contribution in [0.3, 0.4) is 0 Å². The van der Waals surface area contributed by atoms with E-state index in [1.165, 1.54) is 16.1 Å². The van der Waals surface area contributed by atoms with Crippen LogP contribution in [0.15, 0.2) is 29.3 Å². The second-order valence-corrected chi connectivity index (χ2v) is 10.4. The molecule has 146 valence electrons. The van der Waals surface area contributed by atoms with Crippen molar-refractivity contribution < 1.29 is 13.2 Å². The van der Waals surface area contributed by atoms with Crippen molar-refractivity contribution in [3.05, 3.63) is 24.4 Å². The molecule has 2 aromatic rings. The van der Waals surface area contributed by atoms with Gasteiger partial charge < -0.3 is 4.90 Å². The van der Waals surface area contributed by atoms with Crippen molar-refractivity contribution in [1.82, 2.24) is 19.0 Å². The van der Waals surface area contributed by atoms with Gasteiger partial charge in [0.1, 0.15) is 6.04 Å². The summed E-state index contributed by atoms with van der Waals surface area (Å²) in [4.78, 5) is 14.7. The number of carbonyl (C=O) groups is 1. The molecule has 2 fully saturated rings. The van der Waals surface area contributed by atoms with Gasteiger partial charge >= 0.3 is 0 Å². The Labute approximate surface area is 163 Å². The number of aromatic nitrogens is 2. The highest BCUT2D eigenvalue weighted by molar-refractivity contribution is 8.00. The lowest BCUT2D eigenvalue weighted by atomic mass is 10.2. The zero-order chi connectivity index (χ0) is 19.3. The minimum atomic E-state index is -3.75. The summed E-state index contributed by atoms with van der Waals surface area (Å²) in [5, 5.41) is 5.14. The van der Waals surface area contributed by atoms with Crippen LogP contribution in [0.25, 0.3) is 10.9 Å². The van der Waals surface area contributed by atoms with Gasteiger partial charge in [0, 0.05) is 30.3 Å². The second-order valence-electron chi connectivity index (χ2n) is 7.49. The number of fused-ring (bicyclic) bond motifs is 1.